The standard InChI is InChI=1S/C19H20N2O2/c1-12-4-9-16-13(2)18(21-17(16)10-12)19(22)20-11-14-5-7-15(23-3)8-6-14/h4-10,21H,11H2,1-3H3,(H,20,22). The third kappa shape index (κ3) is 3.06. The summed E-state index contributed by atoms with van der Waals surface area (Å²) in [6.45, 7) is 4.49. The van der Waals surface area contributed by atoms with Crippen LogP contribution in [0.3, 0.4) is 0 Å². The van der Waals surface area contributed by atoms with Gasteiger partial charge in [0.05, 0.1) is 7.11 Å². The molecule has 118 valence electrons. The van der Waals surface area contributed by atoms with Gasteiger partial charge in [-0.25, -0.2) is 0 Å². The average Bonchev–Trinajstić information content (AvgIpc) is 2.89. The Hall–Kier alpha value is -2.75. The van der Waals surface area contributed by atoms with Crippen molar-refractivity contribution in [2.24, 2.45) is 0 Å². The Morgan fingerprint density at radius 3 is 2.57 bits per heavy atom. The summed E-state index contributed by atoms with van der Waals surface area (Å²) in [5.41, 5.74) is 4.80. The number of fused-ring (bicyclic) bond motifs is 1. The van der Waals surface area contributed by atoms with Crippen molar-refractivity contribution in [2.75, 3.05) is 7.11 Å². The number of nitrogens with one attached hydrogen (secondary N) is 2. The van der Waals surface area contributed by atoms with Crippen molar-refractivity contribution in [3.63, 3.8) is 0 Å². The lowest BCUT2D eigenvalue weighted by atomic mass is 10.1. The number of rotatable bonds is 4. The largest absolute Gasteiger partial charge is 0.497 e. The van der Waals surface area contributed by atoms with E-state index in [1.165, 1.54) is 5.56 Å². The summed E-state index contributed by atoms with van der Waals surface area (Å²) in [4.78, 5) is 15.7. The fraction of sp³-hybridized carbons (Fsp3) is 0.211. The first-order valence-corrected chi connectivity index (χ1v) is 7.58. The van der Waals surface area contributed by atoms with Gasteiger partial charge in [-0.1, -0.05) is 24.3 Å². The number of aryl methyl sites for hydroxylation is 2. The molecule has 0 radical (unpaired) electrons. The molecular weight excluding hydrogens is 288 g/mol. The highest BCUT2D eigenvalue weighted by atomic mass is 16.5. The van der Waals surface area contributed by atoms with Crippen LogP contribution in [0.4, 0.5) is 0 Å². The van der Waals surface area contributed by atoms with Crippen LogP contribution in [0, 0.1) is 13.8 Å². The van der Waals surface area contributed by atoms with Gasteiger partial charge in [0, 0.05) is 17.4 Å². The predicted octanol–water partition coefficient (Wildman–Crippen LogP) is 3.72. The maximum atomic E-state index is 12.4. The zero-order chi connectivity index (χ0) is 16.4. The van der Waals surface area contributed by atoms with E-state index in [2.05, 4.69) is 28.5 Å². The Morgan fingerprint density at radius 1 is 1.13 bits per heavy atom. The van der Waals surface area contributed by atoms with Crippen LogP contribution in [0.1, 0.15) is 27.2 Å². The number of methoxy groups -OCH3 is 1. The van der Waals surface area contributed by atoms with E-state index < -0.39 is 0 Å². The number of carbonyl (C=O) groups is 1. The number of benzene rings is 2. The molecule has 0 aliphatic carbocycles. The second-order valence-electron chi connectivity index (χ2n) is 5.70. The van der Waals surface area contributed by atoms with Gasteiger partial charge in [0.15, 0.2) is 0 Å². The Labute approximate surface area is 135 Å². The van der Waals surface area contributed by atoms with Crippen molar-refractivity contribution in [2.45, 2.75) is 20.4 Å². The van der Waals surface area contributed by atoms with Gasteiger partial charge in [0.2, 0.25) is 0 Å². The number of amides is 1. The van der Waals surface area contributed by atoms with Crippen molar-refractivity contribution in [3.8, 4) is 5.75 Å². The topological polar surface area (TPSA) is 54.1 Å². The molecule has 4 nitrogen and oxygen atoms in total. The molecule has 0 bridgehead atoms. The summed E-state index contributed by atoms with van der Waals surface area (Å²) < 4.78 is 5.13. The first kappa shape index (κ1) is 15.2. The minimum Gasteiger partial charge on any atom is -0.497 e. The first-order valence-electron chi connectivity index (χ1n) is 7.58. The van der Waals surface area contributed by atoms with Gasteiger partial charge in [0.1, 0.15) is 11.4 Å². The Morgan fingerprint density at radius 2 is 1.87 bits per heavy atom. The lowest BCUT2D eigenvalue weighted by molar-refractivity contribution is 0.0946. The van der Waals surface area contributed by atoms with Crippen LogP contribution in [-0.2, 0) is 6.54 Å². The van der Waals surface area contributed by atoms with Gasteiger partial charge in [0.25, 0.3) is 5.91 Å². The number of hydrogen-bond donors (Lipinski definition) is 2. The Balaban J connectivity index is 1.76. The van der Waals surface area contributed by atoms with Crippen molar-refractivity contribution in [1.29, 1.82) is 0 Å². The van der Waals surface area contributed by atoms with Crippen molar-refractivity contribution < 1.29 is 9.53 Å². The van der Waals surface area contributed by atoms with Crippen LogP contribution in [-0.4, -0.2) is 18.0 Å². The molecule has 2 aromatic carbocycles. The summed E-state index contributed by atoms with van der Waals surface area (Å²) in [5, 5.41) is 4.05. The number of hydrogen-bond acceptors (Lipinski definition) is 2. The van der Waals surface area contributed by atoms with Crippen LogP contribution in [0.15, 0.2) is 42.5 Å². The molecule has 3 aromatic rings. The maximum Gasteiger partial charge on any atom is 0.268 e. The molecule has 3 rings (SSSR count). The predicted molar refractivity (Wildman–Crippen MR) is 91.9 cm³/mol. The van der Waals surface area contributed by atoms with Gasteiger partial charge in [-0.2, -0.15) is 0 Å². The van der Waals surface area contributed by atoms with Crippen LogP contribution >= 0.6 is 0 Å². The van der Waals surface area contributed by atoms with Crippen molar-refractivity contribution in [3.05, 3.63) is 64.8 Å². The highest BCUT2D eigenvalue weighted by molar-refractivity contribution is 6.00. The molecule has 1 heterocycles. The van der Waals surface area contributed by atoms with E-state index in [4.69, 9.17) is 4.74 Å². The molecule has 0 spiro atoms. The second kappa shape index (κ2) is 6.16. The number of aromatic amines is 1. The van der Waals surface area contributed by atoms with Gasteiger partial charge >= 0.3 is 0 Å². The summed E-state index contributed by atoms with van der Waals surface area (Å²) in [7, 11) is 1.64. The third-order valence-electron chi connectivity index (χ3n) is 4.05. The Kier molecular flexibility index (Phi) is 4.06. The summed E-state index contributed by atoms with van der Waals surface area (Å²) in [5.74, 6) is 0.717. The summed E-state index contributed by atoms with van der Waals surface area (Å²) in [6, 6.07) is 13.8. The molecule has 0 saturated carbocycles. The Bertz CT molecular complexity index is 848. The van der Waals surface area contributed by atoms with E-state index in [9.17, 15) is 4.79 Å². The van der Waals surface area contributed by atoms with E-state index >= 15 is 0 Å². The van der Waals surface area contributed by atoms with Crippen LogP contribution in [0.2, 0.25) is 0 Å². The fourth-order valence-electron chi connectivity index (χ4n) is 2.69. The zero-order valence-electron chi connectivity index (χ0n) is 13.6. The quantitative estimate of drug-likeness (QED) is 0.771. The molecule has 0 aliphatic rings. The first-order chi connectivity index (χ1) is 11.1. The van der Waals surface area contributed by atoms with Crippen molar-refractivity contribution in [1.82, 2.24) is 10.3 Å². The molecular formula is C19H20N2O2. The number of aromatic nitrogens is 1. The molecule has 0 atom stereocenters. The lowest BCUT2D eigenvalue weighted by Crippen LogP contribution is -2.23. The SMILES string of the molecule is COc1ccc(CNC(=O)c2[nH]c3cc(C)ccc3c2C)cc1. The van der Waals surface area contributed by atoms with Gasteiger partial charge in [-0.15, -0.1) is 0 Å². The van der Waals surface area contributed by atoms with Crippen LogP contribution in [0.25, 0.3) is 10.9 Å². The maximum absolute atomic E-state index is 12.4. The van der Waals surface area contributed by atoms with Gasteiger partial charge in [-0.05, 0) is 48.7 Å². The van der Waals surface area contributed by atoms with Crippen LogP contribution < -0.4 is 10.1 Å². The van der Waals surface area contributed by atoms with E-state index in [0.29, 0.717) is 12.2 Å². The molecule has 4 heteroatoms. The molecule has 0 unspecified atom stereocenters. The molecule has 2 N–H and O–H groups in total. The summed E-state index contributed by atoms with van der Waals surface area (Å²) in [6.07, 6.45) is 0. The monoisotopic (exact) mass is 308 g/mol. The van der Waals surface area contributed by atoms with Gasteiger partial charge in [-0.3, -0.25) is 4.79 Å². The molecule has 0 aliphatic heterocycles. The summed E-state index contributed by atoms with van der Waals surface area (Å²) >= 11 is 0. The number of H-pyrrole nitrogens is 1. The minimum atomic E-state index is -0.0906. The van der Waals surface area contributed by atoms with Crippen LogP contribution in [0.5, 0.6) is 5.75 Å². The molecule has 1 aromatic heterocycles. The van der Waals surface area contributed by atoms with E-state index in [0.717, 1.165) is 27.8 Å². The van der Waals surface area contributed by atoms with E-state index in [1.54, 1.807) is 7.11 Å². The molecule has 0 fully saturated rings. The van der Waals surface area contributed by atoms with Crippen molar-refractivity contribution >= 4 is 16.8 Å². The lowest BCUT2D eigenvalue weighted by Gasteiger charge is -2.06. The highest BCUT2D eigenvalue weighted by Gasteiger charge is 2.14. The van der Waals surface area contributed by atoms with Gasteiger partial charge < -0.3 is 15.0 Å². The number of carbonyl (C=O) groups excluding carboxylic acids is 1. The molecule has 1 amide bonds. The minimum absolute atomic E-state index is 0.0906. The zero-order valence-corrected chi connectivity index (χ0v) is 13.6. The molecule has 0 saturated heterocycles. The average molecular weight is 308 g/mol. The fourth-order valence-corrected chi connectivity index (χ4v) is 2.69. The number of ether oxygens (including phenoxy) is 1. The third-order valence-corrected chi connectivity index (χ3v) is 4.05. The molecule has 23 heavy (non-hydrogen) atoms. The highest BCUT2D eigenvalue weighted by Crippen LogP contribution is 2.22. The normalized spacial score (nSPS) is 10.7. The second-order valence-corrected chi connectivity index (χ2v) is 5.70. The smallest absolute Gasteiger partial charge is 0.268 e. The van der Waals surface area contributed by atoms with E-state index in [-0.39, 0.29) is 5.91 Å². The van der Waals surface area contributed by atoms with E-state index in [1.807, 2.05) is 38.1 Å².